The first kappa shape index (κ1) is 10.9. The van der Waals surface area contributed by atoms with E-state index in [2.05, 4.69) is 18.7 Å². The summed E-state index contributed by atoms with van der Waals surface area (Å²) in [6, 6.07) is 0. The van der Waals surface area contributed by atoms with Crippen LogP contribution in [0.3, 0.4) is 0 Å². The third-order valence-corrected chi connectivity index (χ3v) is 3.48. The fourth-order valence-electron chi connectivity index (χ4n) is 1.57. The zero-order valence-electron chi connectivity index (χ0n) is 8.38. The van der Waals surface area contributed by atoms with Crippen LogP contribution in [0.5, 0.6) is 0 Å². The number of nitrogens with two attached hydrogens (primary N) is 1. The van der Waals surface area contributed by atoms with Crippen LogP contribution in [0.15, 0.2) is 0 Å². The molecule has 2 N–H and O–H groups in total. The molecule has 0 spiro atoms. The molecule has 1 heterocycles. The monoisotopic (exact) mass is 202 g/mol. The molecular weight excluding hydrogens is 184 g/mol. The molecule has 0 aliphatic carbocycles. The van der Waals surface area contributed by atoms with Gasteiger partial charge in [0.2, 0.25) is 5.91 Å². The zero-order valence-corrected chi connectivity index (χ0v) is 9.19. The lowest BCUT2D eigenvalue weighted by Crippen LogP contribution is -2.44. The molecule has 1 amide bonds. The van der Waals surface area contributed by atoms with E-state index < -0.39 is 0 Å². The Bertz CT molecular complexity index is 194. The number of thioether (sulfide) groups is 1. The SMILES string of the molecule is CC1(C)CN(CCC(N)=O)CCS1. The first-order valence-corrected chi connectivity index (χ1v) is 5.63. The number of hydrogen-bond acceptors (Lipinski definition) is 3. The van der Waals surface area contributed by atoms with Gasteiger partial charge in [0.25, 0.3) is 0 Å². The third-order valence-electron chi connectivity index (χ3n) is 2.18. The Morgan fingerprint density at radius 3 is 2.85 bits per heavy atom. The van der Waals surface area contributed by atoms with Crippen molar-refractivity contribution in [1.29, 1.82) is 0 Å². The van der Waals surface area contributed by atoms with Gasteiger partial charge in [0.15, 0.2) is 0 Å². The average molecular weight is 202 g/mol. The fraction of sp³-hybridized carbons (Fsp3) is 0.889. The van der Waals surface area contributed by atoms with Gasteiger partial charge in [-0.05, 0) is 13.8 Å². The van der Waals surface area contributed by atoms with Crippen LogP contribution in [-0.4, -0.2) is 40.9 Å². The summed E-state index contributed by atoms with van der Waals surface area (Å²) >= 11 is 2.00. The predicted octanol–water partition coefficient (Wildman–Crippen LogP) is 0.689. The first-order valence-electron chi connectivity index (χ1n) is 4.64. The molecule has 0 aromatic carbocycles. The smallest absolute Gasteiger partial charge is 0.218 e. The van der Waals surface area contributed by atoms with Crippen molar-refractivity contribution in [2.24, 2.45) is 5.73 Å². The minimum Gasteiger partial charge on any atom is -0.370 e. The van der Waals surface area contributed by atoms with Crippen LogP contribution in [0.4, 0.5) is 0 Å². The molecule has 0 aromatic heterocycles. The number of primary amides is 1. The van der Waals surface area contributed by atoms with Crippen molar-refractivity contribution in [3.05, 3.63) is 0 Å². The Balaban J connectivity index is 2.30. The Morgan fingerprint density at radius 2 is 2.31 bits per heavy atom. The molecule has 1 aliphatic heterocycles. The van der Waals surface area contributed by atoms with Crippen molar-refractivity contribution < 1.29 is 4.79 Å². The van der Waals surface area contributed by atoms with Gasteiger partial charge in [-0.25, -0.2) is 0 Å². The van der Waals surface area contributed by atoms with Gasteiger partial charge in [-0.3, -0.25) is 4.79 Å². The minimum atomic E-state index is -0.198. The van der Waals surface area contributed by atoms with Crippen LogP contribution in [0, 0.1) is 0 Å². The lowest BCUT2D eigenvalue weighted by Gasteiger charge is -2.37. The summed E-state index contributed by atoms with van der Waals surface area (Å²) in [7, 11) is 0. The van der Waals surface area contributed by atoms with Gasteiger partial charge in [0.05, 0.1) is 0 Å². The van der Waals surface area contributed by atoms with Crippen LogP contribution >= 0.6 is 11.8 Å². The standard InChI is InChI=1S/C9H18N2OS/c1-9(2)7-11(5-6-13-9)4-3-8(10)12/h3-7H2,1-2H3,(H2,10,12). The molecule has 1 aliphatic rings. The van der Waals surface area contributed by atoms with E-state index in [1.165, 1.54) is 0 Å². The lowest BCUT2D eigenvalue weighted by molar-refractivity contribution is -0.118. The fourth-order valence-corrected chi connectivity index (χ4v) is 2.75. The van der Waals surface area contributed by atoms with Crippen molar-refractivity contribution in [3.63, 3.8) is 0 Å². The summed E-state index contributed by atoms with van der Waals surface area (Å²) in [4.78, 5) is 12.9. The Kier molecular flexibility index (Phi) is 3.62. The van der Waals surface area contributed by atoms with E-state index >= 15 is 0 Å². The number of carbonyl (C=O) groups is 1. The van der Waals surface area contributed by atoms with E-state index in [0.29, 0.717) is 11.2 Å². The Morgan fingerprint density at radius 1 is 1.62 bits per heavy atom. The minimum absolute atomic E-state index is 0.198. The average Bonchev–Trinajstić information content (AvgIpc) is 1.99. The molecule has 0 unspecified atom stereocenters. The van der Waals surface area contributed by atoms with Crippen molar-refractivity contribution in [3.8, 4) is 0 Å². The van der Waals surface area contributed by atoms with Crippen LogP contribution < -0.4 is 5.73 Å². The second kappa shape index (κ2) is 4.33. The summed E-state index contributed by atoms with van der Waals surface area (Å²) in [6.07, 6.45) is 0.487. The largest absolute Gasteiger partial charge is 0.370 e. The maximum atomic E-state index is 10.6. The summed E-state index contributed by atoms with van der Waals surface area (Å²) in [5, 5.41) is 0. The second-order valence-corrected chi connectivity index (χ2v) is 5.90. The number of nitrogens with zero attached hydrogens (tertiary/aromatic N) is 1. The number of rotatable bonds is 3. The molecule has 0 aromatic rings. The van der Waals surface area contributed by atoms with Crippen LogP contribution in [-0.2, 0) is 4.79 Å². The number of hydrogen-bond donors (Lipinski definition) is 1. The van der Waals surface area contributed by atoms with Gasteiger partial charge in [-0.2, -0.15) is 11.8 Å². The third kappa shape index (κ3) is 4.00. The summed E-state index contributed by atoms with van der Waals surface area (Å²) in [6.45, 7) is 7.45. The van der Waals surface area contributed by atoms with E-state index in [1.807, 2.05) is 11.8 Å². The highest BCUT2D eigenvalue weighted by Gasteiger charge is 2.26. The number of amides is 1. The molecule has 3 nitrogen and oxygen atoms in total. The van der Waals surface area contributed by atoms with E-state index in [9.17, 15) is 4.79 Å². The molecule has 0 radical (unpaired) electrons. The Labute approximate surface area is 84.0 Å². The normalized spacial score (nSPS) is 22.9. The highest BCUT2D eigenvalue weighted by atomic mass is 32.2. The molecule has 1 fully saturated rings. The lowest BCUT2D eigenvalue weighted by atomic mass is 10.2. The highest BCUT2D eigenvalue weighted by Crippen LogP contribution is 2.29. The Hall–Kier alpha value is -0.220. The van der Waals surface area contributed by atoms with Crippen molar-refractivity contribution in [2.75, 3.05) is 25.4 Å². The van der Waals surface area contributed by atoms with Crippen molar-refractivity contribution in [2.45, 2.75) is 25.0 Å². The van der Waals surface area contributed by atoms with Gasteiger partial charge in [0.1, 0.15) is 0 Å². The first-order chi connectivity index (χ1) is 5.99. The van der Waals surface area contributed by atoms with E-state index in [4.69, 9.17) is 5.73 Å². The van der Waals surface area contributed by atoms with Gasteiger partial charge in [0, 0.05) is 36.6 Å². The quantitative estimate of drug-likeness (QED) is 0.732. The van der Waals surface area contributed by atoms with Crippen molar-refractivity contribution >= 4 is 17.7 Å². The molecule has 0 atom stereocenters. The summed E-state index contributed by atoms with van der Waals surface area (Å²) in [5.74, 6) is 0.960. The van der Waals surface area contributed by atoms with E-state index in [0.717, 1.165) is 25.4 Å². The topological polar surface area (TPSA) is 46.3 Å². The molecule has 4 heteroatoms. The molecule has 13 heavy (non-hydrogen) atoms. The van der Waals surface area contributed by atoms with E-state index in [-0.39, 0.29) is 5.91 Å². The van der Waals surface area contributed by atoms with Crippen molar-refractivity contribution in [1.82, 2.24) is 4.90 Å². The maximum absolute atomic E-state index is 10.6. The summed E-state index contributed by atoms with van der Waals surface area (Å²) < 4.78 is 0.329. The van der Waals surface area contributed by atoms with Crippen LogP contribution in [0.2, 0.25) is 0 Å². The molecule has 1 rings (SSSR count). The molecule has 1 saturated heterocycles. The number of carbonyl (C=O) groups excluding carboxylic acids is 1. The van der Waals surface area contributed by atoms with Crippen LogP contribution in [0.1, 0.15) is 20.3 Å². The molecule has 0 saturated carbocycles. The molecule has 0 bridgehead atoms. The van der Waals surface area contributed by atoms with Gasteiger partial charge >= 0.3 is 0 Å². The summed E-state index contributed by atoms with van der Waals surface area (Å²) in [5.41, 5.74) is 5.11. The molecular formula is C9H18N2OS. The van der Waals surface area contributed by atoms with Gasteiger partial charge in [-0.1, -0.05) is 0 Å². The molecule has 76 valence electrons. The van der Waals surface area contributed by atoms with Gasteiger partial charge < -0.3 is 10.6 Å². The maximum Gasteiger partial charge on any atom is 0.218 e. The second-order valence-electron chi connectivity index (χ2n) is 4.10. The van der Waals surface area contributed by atoms with Gasteiger partial charge in [-0.15, -0.1) is 0 Å². The zero-order chi connectivity index (χ0) is 9.90. The predicted molar refractivity (Wildman–Crippen MR) is 56.8 cm³/mol. The van der Waals surface area contributed by atoms with E-state index in [1.54, 1.807) is 0 Å². The highest BCUT2D eigenvalue weighted by molar-refractivity contribution is 8.00. The van der Waals surface area contributed by atoms with Crippen LogP contribution in [0.25, 0.3) is 0 Å².